The number of alkyl halides is 1. The summed E-state index contributed by atoms with van der Waals surface area (Å²) in [5.41, 5.74) is 3.98. The summed E-state index contributed by atoms with van der Waals surface area (Å²) < 4.78 is 31.0. The number of fused-ring (bicyclic) bond motifs is 1. The first kappa shape index (κ1) is 31.8. The standard InChI is InChI=1S/C35H38F2N4O4/c1-5-8-23(6-2)24-11-13-30-26(16-24)27(22(4)42)19-39(30)20-33(43)41-18-25(36)17-32(41)34(44)38-29-9-7-14-40(35(29)45)31-15-21(3)10-12-28(31)37/h5-6,8,10-13,15-16,19,25,29,32H,7,9,14,17-18,20H2,1-4H3,(H,38,44)/b8-5-,23-6+/t25-,29?,32+/m1/s1. The number of hydrogen-bond donors (Lipinski definition) is 1. The minimum Gasteiger partial charge on any atom is -0.342 e. The molecule has 3 aromatic rings. The highest BCUT2D eigenvalue weighted by Crippen LogP contribution is 2.29. The summed E-state index contributed by atoms with van der Waals surface area (Å²) in [5.74, 6) is -2.24. The van der Waals surface area contributed by atoms with E-state index in [1.165, 1.54) is 22.8 Å². The van der Waals surface area contributed by atoms with Crippen molar-refractivity contribution in [2.24, 2.45) is 0 Å². The zero-order valence-electron chi connectivity index (χ0n) is 26.0. The summed E-state index contributed by atoms with van der Waals surface area (Å²) >= 11 is 0. The van der Waals surface area contributed by atoms with Gasteiger partial charge in [-0.15, -0.1) is 0 Å². The van der Waals surface area contributed by atoms with Gasteiger partial charge in [0.1, 0.15) is 30.6 Å². The number of aromatic nitrogens is 1. The number of nitrogens with zero attached hydrogens (tertiary/aromatic N) is 3. The molecule has 0 aliphatic carbocycles. The number of anilines is 1. The number of ketones is 1. The zero-order chi connectivity index (χ0) is 32.4. The van der Waals surface area contributed by atoms with Crippen LogP contribution in [0.2, 0.25) is 0 Å². The molecule has 1 unspecified atom stereocenters. The molecule has 236 valence electrons. The van der Waals surface area contributed by atoms with E-state index in [4.69, 9.17) is 0 Å². The molecule has 0 bridgehead atoms. The number of carbonyl (C=O) groups excluding carboxylic acids is 4. The van der Waals surface area contributed by atoms with E-state index in [-0.39, 0.29) is 31.0 Å². The molecule has 0 spiro atoms. The molecule has 5 rings (SSSR count). The summed E-state index contributed by atoms with van der Waals surface area (Å²) in [6.45, 7) is 6.97. The van der Waals surface area contributed by atoms with Crippen LogP contribution in [-0.2, 0) is 20.9 Å². The van der Waals surface area contributed by atoms with Crippen LogP contribution in [0.3, 0.4) is 0 Å². The van der Waals surface area contributed by atoms with Crippen LogP contribution in [0.15, 0.2) is 60.8 Å². The van der Waals surface area contributed by atoms with Crippen molar-refractivity contribution in [3.63, 3.8) is 0 Å². The molecule has 1 N–H and O–H groups in total. The average molecular weight is 617 g/mol. The molecule has 2 aromatic carbocycles. The number of halogens is 2. The molecule has 45 heavy (non-hydrogen) atoms. The lowest BCUT2D eigenvalue weighted by Crippen LogP contribution is -2.56. The van der Waals surface area contributed by atoms with E-state index in [1.807, 2.05) is 50.3 Å². The molecule has 3 amide bonds. The zero-order valence-corrected chi connectivity index (χ0v) is 26.0. The Hall–Kier alpha value is -4.60. The molecule has 10 heteroatoms. The fourth-order valence-electron chi connectivity index (χ4n) is 6.32. The number of amides is 3. The van der Waals surface area contributed by atoms with Gasteiger partial charge in [-0.25, -0.2) is 8.78 Å². The maximum atomic E-state index is 14.7. The lowest BCUT2D eigenvalue weighted by atomic mass is 10.0. The molecule has 2 aliphatic heterocycles. The first-order valence-corrected chi connectivity index (χ1v) is 15.3. The van der Waals surface area contributed by atoms with Gasteiger partial charge in [0, 0.05) is 35.6 Å². The third kappa shape index (κ3) is 6.45. The van der Waals surface area contributed by atoms with Gasteiger partial charge in [-0.05, 0) is 81.5 Å². The highest BCUT2D eigenvalue weighted by atomic mass is 19.1. The Morgan fingerprint density at radius 2 is 1.89 bits per heavy atom. The van der Waals surface area contributed by atoms with Crippen molar-refractivity contribution in [1.29, 1.82) is 0 Å². The first-order chi connectivity index (χ1) is 21.5. The average Bonchev–Trinajstić information content (AvgIpc) is 3.58. The van der Waals surface area contributed by atoms with E-state index in [1.54, 1.807) is 29.8 Å². The highest BCUT2D eigenvalue weighted by Gasteiger charge is 2.42. The number of rotatable bonds is 8. The van der Waals surface area contributed by atoms with Gasteiger partial charge < -0.3 is 19.7 Å². The lowest BCUT2D eigenvalue weighted by Gasteiger charge is -2.34. The number of benzene rings is 2. The van der Waals surface area contributed by atoms with Crippen LogP contribution < -0.4 is 10.2 Å². The third-order valence-electron chi connectivity index (χ3n) is 8.58. The fraction of sp³-hybridized carbons (Fsp3) is 0.371. The predicted octanol–water partition coefficient (Wildman–Crippen LogP) is 5.52. The van der Waals surface area contributed by atoms with Crippen LogP contribution in [0, 0.1) is 12.7 Å². The number of carbonyl (C=O) groups is 4. The molecule has 0 radical (unpaired) electrons. The first-order valence-electron chi connectivity index (χ1n) is 15.3. The smallest absolute Gasteiger partial charge is 0.249 e. The molecule has 0 saturated carbocycles. The summed E-state index contributed by atoms with van der Waals surface area (Å²) in [4.78, 5) is 55.5. The highest BCUT2D eigenvalue weighted by molar-refractivity contribution is 6.08. The normalized spacial score (nSPS) is 20.8. The van der Waals surface area contributed by atoms with Gasteiger partial charge in [-0.2, -0.15) is 0 Å². The van der Waals surface area contributed by atoms with Gasteiger partial charge in [0.15, 0.2) is 5.78 Å². The van der Waals surface area contributed by atoms with Crippen LogP contribution in [0.1, 0.15) is 61.5 Å². The van der Waals surface area contributed by atoms with Gasteiger partial charge in [0.05, 0.1) is 12.2 Å². The number of piperidine rings is 1. The molecule has 8 nitrogen and oxygen atoms in total. The van der Waals surface area contributed by atoms with Crippen LogP contribution in [0.4, 0.5) is 14.5 Å². The number of allylic oxidation sites excluding steroid dienone is 4. The van der Waals surface area contributed by atoms with E-state index in [0.29, 0.717) is 35.9 Å². The molecule has 3 atom stereocenters. The molecule has 2 fully saturated rings. The molecule has 3 heterocycles. The van der Waals surface area contributed by atoms with E-state index < -0.39 is 41.8 Å². The maximum Gasteiger partial charge on any atom is 0.249 e. The Morgan fingerprint density at radius 3 is 2.60 bits per heavy atom. The van der Waals surface area contributed by atoms with E-state index in [2.05, 4.69) is 5.32 Å². The fourth-order valence-corrected chi connectivity index (χ4v) is 6.32. The van der Waals surface area contributed by atoms with Crippen LogP contribution in [0.5, 0.6) is 0 Å². The topological polar surface area (TPSA) is 91.7 Å². The largest absolute Gasteiger partial charge is 0.342 e. The van der Waals surface area contributed by atoms with Crippen LogP contribution in [0.25, 0.3) is 16.5 Å². The minimum atomic E-state index is -1.41. The quantitative estimate of drug-likeness (QED) is 0.267. The van der Waals surface area contributed by atoms with Crippen molar-refractivity contribution < 1.29 is 28.0 Å². The van der Waals surface area contributed by atoms with Gasteiger partial charge >= 0.3 is 0 Å². The van der Waals surface area contributed by atoms with Crippen LogP contribution >= 0.6 is 0 Å². The van der Waals surface area contributed by atoms with Crippen molar-refractivity contribution in [2.45, 2.75) is 71.8 Å². The van der Waals surface area contributed by atoms with Gasteiger partial charge in [0.25, 0.3) is 0 Å². The summed E-state index contributed by atoms with van der Waals surface area (Å²) in [6.07, 6.45) is 6.78. The number of nitrogens with one attached hydrogen (secondary N) is 1. The maximum absolute atomic E-state index is 14.7. The molecular weight excluding hydrogens is 578 g/mol. The lowest BCUT2D eigenvalue weighted by molar-refractivity contribution is -0.139. The number of Topliss-reactive ketones (excluding diaryl/α,β-unsaturated/α-hetero) is 1. The van der Waals surface area contributed by atoms with Crippen molar-refractivity contribution in [3.8, 4) is 0 Å². The Balaban J connectivity index is 1.34. The number of hydrogen-bond acceptors (Lipinski definition) is 4. The summed E-state index contributed by atoms with van der Waals surface area (Å²) in [6, 6.07) is 8.16. The second-order valence-electron chi connectivity index (χ2n) is 11.7. The van der Waals surface area contributed by atoms with Gasteiger partial charge in [-0.3, -0.25) is 19.2 Å². The predicted molar refractivity (Wildman–Crippen MR) is 170 cm³/mol. The Morgan fingerprint density at radius 1 is 1.11 bits per heavy atom. The van der Waals surface area contributed by atoms with Crippen LogP contribution in [-0.4, -0.2) is 64.3 Å². The van der Waals surface area contributed by atoms with E-state index in [0.717, 1.165) is 16.7 Å². The van der Waals surface area contributed by atoms with Crippen molar-refractivity contribution in [2.75, 3.05) is 18.0 Å². The number of aryl methyl sites for hydroxylation is 1. The molecule has 2 aliphatic rings. The minimum absolute atomic E-state index is 0.153. The SMILES string of the molecule is C/C=C\C(=C/C)c1ccc2c(c1)c(C(C)=O)cn2CC(=O)N1C[C@H](F)C[C@H]1C(=O)NC1CCCN(c2cc(C)ccc2F)C1=O. The molecule has 1 aromatic heterocycles. The Labute approximate surface area is 261 Å². The van der Waals surface area contributed by atoms with Gasteiger partial charge in [0.2, 0.25) is 17.7 Å². The number of likely N-dealkylation sites (tertiary alicyclic amines) is 1. The summed E-state index contributed by atoms with van der Waals surface area (Å²) in [7, 11) is 0. The monoisotopic (exact) mass is 616 g/mol. The summed E-state index contributed by atoms with van der Waals surface area (Å²) in [5, 5.41) is 3.42. The third-order valence-corrected chi connectivity index (χ3v) is 8.58. The molecule has 2 saturated heterocycles. The molecular formula is C35H38F2N4O4. The second-order valence-corrected chi connectivity index (χ2v) is 11.7. The van der Waals surface area contributed by atoms with Crippen molar-refractivity contribution in [1.82, 2.24) is 14.8 Å². The van der Waals surface area contributed by atoms with E-state index >= 15 is 0 Å². The second kappa shape index (κ2) is 13.2. The Bertz CT molecular complexity index is 1730. The Kier molecular flexibility index (Phi) is 9.32. The van der Waals surface area contributed by atoms with Crippen molar-refractivity contribution in [3.05, 3.63) is 83.3 Å². The van der Waals surface area contributed by atoms with E-state index in [9.17, 15) is 28.0 Å². The van der Waals surface area contributed by atoms with Crippen molar-refractivity contribution >= 4 is 45.7 Å². The van der Waals surface area contributed by atoms with Gasteiger partial charge in [-0.1, -0.05) is 30.4 Å².